The van der Waals surface area contributed by atoms with Crippen molar-refractivity contribution in [3.63, 3.8) is 0 Å². The van der Waals surface area contributed by atoms with Crippen LogP contribution in [0.1, 0.15) is 12.8 Å². The smallest absolute Gasteiger partial charge is 0.260 e. The fraction of sp³-hybridized carbons (Fsp3) is 0.467. The first-order valence-electron chi connectivity index (χ1n) is 6.89. The second kappa shape index (κ2) is 5.15. The Labute approximate surface area is 117 Å². The third-order valence-electron chi connectivity index (χ3n) is 4.09. The normalized spacial score (nSPS) is 25.0. The van der Waals surface area contributed by atoms with Gasteiger partial charge in [0.25, 0.3) is 5.91 Å². The van der Waals surface area contributed by atoms with Crippen LogP contribution in [0.25, 0.3) is 0 Å². The number of amides is 2. The molecule has 1 spiro atoms. The summed E-state index contributed by atoms with van der Waals surface area (Å²) >= 11 is 0. The van der Waals surface area contributed by atoms with E-state index in [2.05, 4.69) is 5.32 Å². The molecule has 1 N–H and O–H groups in total. The third-order valence-corrected chi connectivity index (χ3v) is 4.09. The highest BCUT2D eigenvalue weighted by atomic mass is 16.5. The minimum atomic E-state index is -0.0422. The molecule has 0 aliphatic carbocycles. The van der Waals surface area contributed by atoms with Crippen molar-refractivity contribution in [2.24, 2.45) is 5.41 Å². The molecule has 5 nitrogen and oxygen atoms in total. The Morgan fingerprint density at radius 1 is 1.35 bits per heavy atom. The molecule has 2 saturated heterocycles. The lowest BCUT2D eigenvalue weighted by Crippen LogP contribution is -2.36. The monoisotopic (exact) mass is 274 g/mol. The molecule has 20 heavy (non-hydrogen) atoms. The average Bonchev–Trinajstić information content (AvgIpc) is 3.04. The molecule has 2 aliphatic heterocycles. The maximum absolute atomic E-state index is 12.1. The summed E-state index contributed by atoms with van der Waals surface area (Å²) in [5, 5.41) is 2.86. The number of carbonyl (C=O) groups is 2. The molecule has 106 valence electrons. The summed E-state index contributed by atoms with van der Waals surface area (Å²) in [4.78, 5) is 25.3. The van der Waals surface area contributed by atoms with E-state index in [0.717, 1.165) is 6.42 Å². The molecular formula is C15H18N2O3. The van der Waals surface area contributed by atoms with Gasteiger partial charge in [-0.15, -0.1) is 0 Å². The zero-order chi connectivity index (χ0) is 14.0. The van der Waals surface area contributed by atoms with Gasteiger partial charge in [-0.05, 0) is 18.6 Å². The Hall–Kier alpha value is -2.04. The van der Waals surface area contributed by atoms with Gasteiger partial charge in [0.1, 0.15) is 5.75 Å². The molecule has 0 aromatic heterocycles. The number of nitrogens with one attached hydrogen (secondary N) is 1. The predicted octanol–water partition coefficient (Wildman–Crippen LogP) is 0.804. The van der Waals surface area contributed by atoms with Gasteiger partial charge in [-0.1, -0.05) is 18.2 Å². The Morgan fingerprint density at radius 2 is 2.15 bits per heavy atom. The van der Waals surface area contributed by atoms with E-state index in [4.69, 9.17) is 4.74 Å². The second-order valence-electron chi connectivity index (χ2n) is 5.62. The van der Waals surface area contributed by atoms with E-state index >= 15 is 0 Å². The lowest BCUT2D eigenvalue weighted by Gasteiger charge is -2.21. The fourth-order valence-corrected chi connectivity index (χ4v) is 2.94. The van der Waals surface area contributed by atoms with Crippen LogP contribution in [0.3, 0.4) is 0 Å². The molecule has 2 amide bonds. The summed E-state index contributed by atoms with van der Waals surface area (Å²) < 4.78 is 5.48. The van der Waals surface area contributed by atoms with Crippen molar-refractivity contribution in [2.75, 3.05) is 26.2 Å². The number of likely N-dealkylation sites (tertiary alicyclic amines) is 1. The molecule has 2 aliphatic rings. The van der Waals surface area contributed by atoms with E-state index in [1.165, 1.54) is 0 Å². The van der Waals surface area contributed by atoms with Crippen molar-refractivity contribution >= 4 is 11.8 Å². The summed E-state index contributed by atoms with van der Waals surface area (Å²) in [7, 11) is 0. The first kappa shape index (κ1) is 13.0. The van der Waals surface area contributed by atoms with Crippen LogP contribution < -0.4 is 10.1 Å². The van der Waals surface area contributed by atoms with Crippen molar-refractivity contribution in [1.82, 2.24) is 10.2 Å². The van der Waals surface area contributed by atoms with E-state index in [9.17, 15) is 9.59 Å². The summed E-state index contributed by atoms with van der Waals surface area (Å²) in [5.41, 5.74) is -0.0422. The van der Waals surface area contributed by atoms with E-state index in [1.807, 2.05) is 35.2 Å². The minimum Gasteiger partial charge on any atom is -0.484 e. The lowest BCUT2D eigenvalue weighted by molar-refractivity contribution is -0.132. The van der Waals surface area contributed by atoms with Gasteiger partial charge in [0, 0.05) is 31.5 Å². The minimum absolute atomic E-state index is 0.00919. The summed E-state index contributed by atoms with van der Waals surface area (Å²) in [6.45, 7) is 2.12. The van der Waals surface area contributed by atoms with Crippen LogP contribution in [0, 0.1) is 5.41 Å². The maximum Gasteiger partial charge on any atom is 0.260 e. The number of rotatable bonds is 3. The van der Waals surface area contributed by atoms with Gasteiger partial charge in [-0.3, -0.25) is 9.59 Å². The Morgan fingerprint density at radius 3 is 2.85 bits per heavy atom. The number of hydrogen-bond acceptors (Lipinski definition) is 3. The largest absolute Gasteiger partial charge is 0.484 e. The van der Waals surface area contributed by atoms with Crippen molar-refractivity contribution in [3.05, 3.63) is 30.3 Å². The van der Waals surface area contributed by atoms with E-state index < -0.39 is 0 Å². The third kappa shape index (κ3) is 2.61. The Kier molecular flexibility index (Phi) is 3.34. The van der Waals surface area contributed by atoms with Crippen LogP contribution in [0.15, 0.2) is 30.3 Å². The standard InChI is InChI=1S/C15H18N2O3/c18-13-8-15(10-16-13)6-7-17(11-15)14(19)9-20-12-4-2-1-3-5-12/h1-5H,6-11H2,(H,16,18). The maximum atomic E-state index is 12.1. The van der Waals surface area contributed by atoms with Gasteiger partial charge in [0.15, 0.2) is 6.61 Å². The molecule has 2 heterocycles. The van der Waals surface area contributed by atoms with Gasteiger partial charge in [-0.2, -0.15) is 0 Å². The van der Waals surface area contributed by atoms with Crippen molar-refractivity contribution in [1.29, 1.82) is 0 Å². The molecule has 3 rings (SSSR count). The summed E-state index contributed by atoms with van der Waals surface area (Å²) in [6.07, 6.45) is 1.43. The molecule has 2 fully saturated rings. The number of para-hydroxylation sites is 1. The number of nitrogens with zero attached hydrogens (tertiary/aromatic N) is 1. The van der Waals surface area contributed by atoms with E-state index in [0.29, 0.717) is 31.8 Å². The molecule has 1 unspecified atom stereocenters. The van der Waals surface area contributed by atoms with Crippen LogP contribution in [0.2, 0.25) is 0 Å². The predicted molar refractivity (Wildman–Crippen MR) is 73.2 cm³/mol. The van der Waals surface area contributed by atoms with Crippen molar-refractivity contribution in [3.8, 4) is 5.75 Å². The van der Waals surface area contributed by atoms with Crippen LogP contribution >= 0.6 is 0 Å². The SMILES string of the molecule is O=C1CC2(CCN(C(=O)COc3ccccc3)C2)CN1. The van der Waals surface area contributed by atoms with Crippen molar-refractivity contribution < 1.29 is 14.3 Å². The molecule has 0 radical (unpaired) electrons. The summed E-state index contributed by atoms with van der Waals surface area (Å²) in [5.74, 6) is 0.789. The number of benzene rings is 1. The quantitative estimate of drug-likeness (QED) is 0.887. The highest BCUT2D eigenvalue weighted by Gasteiger charge is 2.45. The van der Waals surface area contributed by atoms with Gasteiger partial charge < -0.3 is 15.0 Å². The first-order valence-corrected chi connectivity index (χ1v) is 6.89. The zero-order valence-corrected chi connectivity index (χ0v) is 11.3. The second-order valence-corrected chi connectivity index (χ2v) is 5.62. The van der Waals surface area contributed by atoms with Crippen LogP contribution in [-0.4, -0.2) is 43.0 Å². The molecule has 5 heteroatoms. The topological polar surface area (TPSA) is 58.6 Å². The zero-order valence-electron chi connectivity index (χ0n) is 11.3. The van der Waals surface area contributed by atoms with Gasteiger partial charge in [-0.25, -0.2) is 0 Å². The molecule has 1 aromatic rings. The Balaban J connectivity index is 1.53. The van der Waals surface area contributed by atoms with Crippen LogP contribution in [-0.2, 0) is 9.59 Å². The summed E-state index contributed by atoms with van der Waals surface area (Å²) in [6, 6.07) is 9.32. The molecule has 1 aromatic carbocycles. The fourth-order valence-electron chi connectivity index (χ4n) is 2.94. The van der Waals surface area contributed by atoms with E-state index in [1.54, 1.807) is 0 Å². The number of hydrogen-bond donors (Lipinski definition) is 1. The van der Waals surface area contributed by atoms with Crippen LogP contribution in [0.5, 0.6) is 5.75 Å². The van der Waals surface area contributed by atoms with E-state index in [-0.39, 0.29) is 23.8 Å². The first-order chi connectivity index (χ1) is 9.67. The number of ether oxygens (including phenoxy) is 1. The number of carbonyl (C=O) groups excluding carboxylic acids is 2. The molecular weight excluding hydrogens is 256 g/mol. The highest BCUT2D eigenvalue weighted by Crippen LogP contribution is 2.36. The van der Waals surface area contributed by atoms with Crippen molar-refractivity contribution in [2.45, 2.75) is 12.8 Å². The highest BCUT2D eigenvalue weighted by molar-refractivity contribution is 5.81. The molecule has 1 atom stereocenters. The molecule has 0 bridgehead atoms. The average molecular weight is 274 g/mol. The Bertz CT molecular complexity index is 517. The lowest BCUT2D eigenvalue weighted by atomic mass is 9.86. The van der Waals surface area contributed by atoms with Gasteiger partial charge >= 0.3 is 0 Å². The van der Waals surface area contributed by atoms with Gasteiger partial charge in [0.2, 0.25) is 5.91 Å². The van der Waals surface area contributed by atoms with Gasteiger partial charge in [0.05, 0.1) is 0 Å². The molecule has 0 saturated carbocycles. The van der Waals surface area contributed by atoms with Crippen LogP contribution in [0.4, 0.5) is 0 Å².